The van der Waals surface area contributed by atoms with Gasteiger partial charge in [0.1, 0.15) is 6.10 Å². The van der Waals surface area contributed by atoms with Gasteiger partial charge in [-0.15, -0.1) is 0 Å². The second-order valence-corrected chi connectivity index (χ2v) is 6.19. The Kier molecular flexibility index (Phi) is 13.1. The van der Waals surface area contributed by atoms with Crippen LogP contribution < -0.4 is 0 Å². The predicted molar refractivity (Wildman–Crippen MR) is 86.9 cm³/mol. The minimum absolute atomic E-state index is 0.00518. The van der Waals surface area contributed by atoms with Crippen LogP contribution in [0.5, 0.6) is 0 Å². The fraction of sp³-hybridized carbons (Fsp3) is 0.944. The summed E-state index contributed by atoms with van der Waals surface area (Å²) < 4.78 is 5.52. The van der Waals surface area contributed by atoms with Crippen molar-refractivity contribution in [1.29, 1.82) is 0 Å². The standard InChI is InChI=1S/C18H36O2/c1-5-7-9-10-11-12-13-15-18(19)20-17(4)16(3)14-8-6-2/h16-17H,5-15H2,1-4H3. The van der Waals surface area contributed by atoms with Crippen LogP contribution in [0.4, 0.5) is 0 Å². The first-order chi connectivity index (χ1) is 9.61. The number of esters is 1. The summed E-state index contributed by atoms with van der Waals surface area (Å²) in [6, 6.07) is 0. The van der Waals surface area contributed by atoms with Crippen molar-refractivity contribution < 1.29 is 9.53 Å². The predicted octanol–water partition coefficient (Wildman–Crippen LogP) is 5.89. The molecule has 0 heterocycles. The molecule has 2 unspecified atom stereocenters. The van der Waals surface area contributed by atoms with E-state index in [9.17, 15) is 4.79 Å². The third kappa shape index (κ3) is 11.3. The molecule has 0 radical (unpaired) electrons. The summed E-state index contributed by atoms with van der Waals surface area (Å²) in [5, 5.41) is 0. The molecule has 0 fully saturated rings. The van der Waals surface area contributed by atoms with Gasteiger partial charge in [0.05, 0.1) is 0 Å². The highest BCUT2D eigenvalue weighted by Crippen LogP contribution is 2.16. The van der Waals surface area contributed by atoms with Gasteiger partial charge >= 0.3 is 5.97 Å². The molecule has 0 aliphatic heterocycles. The topological polar surface area (TPSA) is 26.3 Å². The normalized spacial score (nSPS) is 14.0. The summed E-state index contributed by atoms with van der Waals surface area (Å²) in [5.41, 5.74) is 0. The van der Waals surface area contributed by atoms with Crippen molar-refractivity contribution in [3.05, 3.63) is 0 Å². The Morgan fingerprint density at radius 1 is 0.850 bits per heavy atom. The van der Waals surface area contributed by atoms with Crippen molar-refractivity contribution in [1.82, 2.24) is 0 Å². The molecule has 0 bridgehead atoms. The highest BCUT2D eigenvalue weighted by molar-refractivity contribution is 5.69. The molecule has 0 saturated carbocycles. The Balaban J connectivity index is 3.52. The fourth-order valence-corrected chi connectivity index (χ4v) is 2.37. The van der Waals surface area contributed by atoms with Crippen molar-refractivity contribution in [2.45, 2.75) is 104 Å². The Hall–Kier alpha value is -0.530. The number of ether oxygens (including phenoxy) is 1. The molecule has 0 rings (SSSR count). The molecule has 0 aromatic rings. The summed E-state index contributed by atoms with van der Waals surface area (Å²) in [7, 11) is 0. The van der Waals surface area contributed by atoms with Crippen molar-refractivity contribution in [3.8, 4) is 0 Å². The molecule has 2 atom stereocenters. The minimum atomic E-state index is -0.00518. The second kappa shape index (κ2) is 13.5. The van der Waals surface area contributed by atoms with Gasteiger partial charge in [-0.1, -0.05) is 72.1 Å². The van der Waals surface area contributed by atoms with Gasteiger partial charge in [0.15, 0.2) is 0 Å². The van der Waals surface area contributed by atoms with Crippen LogP contribution in [0.15, 0.2) is 0 Å². The zero-order valence-corrected chi connectivity index (χ0v) is 14.2. The third-order valence-electron chi connectivity index (χ3n) is 4.12. The van der Waals surface area contributed by atoms with Crippen LogP contribution in [-0.2, 0) is 9.53 Å². The molecule has 2 heteroatoms. The Morgan fingerprint density at radius 3 is 2.00 bits per heavy atom. The first-order valence-corrected chi connectivity index (χ1v) is 8.81. The van der Waals surface area contributed by atoms with E-state index in [1.807, 2.05) is 6.92 Å². The lowest BCUT2D eigenvalue weighted by Crippen LogP contribution is -2.22. The van der Waals surface area contributed by atoms with Gasteiger partial charge in [0, 0.05) is 6.42 Å². The summed E-state index contributed by atoms with van der Waals surface area (Å²) in [6.45, 7) is 8.65. The molecule has 120 valence electrons. The molecule has 20 heavy (non-hydrogen) atoms. The van der Waals surface area contributed by atoms with Crippen molar-refractivity contribution in [2.75, 3.05) is 0 Å². The molecule has 0 spiro atoms. The summed E-state index contributed by atoms with van der Waals surface area (Å²) >= 11 is 0. The van der Waals surface area contributed by atoms with Crippen LogP contribution in [0.1, 0.15) is 98.3 Å². The SMILES string of the molecule is CCCCCCCCCC(=O)OC(C)C(C)CCCC. The van der Waals surface area contributed by atoms with Crippen LogP contribution in [0.2, 0.25) is 0 Å². The molecule has 0 saturated heterocycles. The molecular formula is C18H36O2. The van der Waals surface area contributed by atoms with Crippen LogP contribution in [-0.4, -0.2) is 12.1 Å². The smallest absolute Gasteiger partial charge is 0.306 e. The van der Waals surface area contributed by atoms with Gasteiger partial charge in [-0.2, -0.15) is 0 Å². The van der Waals surface area contributed by atoms with Gasteiger partial charge in [0.2, 0.25) is 0 Å². The molecule has 0 aliphatic rings. The largest absolute Gasteiger partial charge is 0.462 e. The van der Waals surface area contributed by atoms with E-state index in [0.29, 0.717) is 12.3 Å². The van der Waals surface area contributed by atoms with Crippen LogP contribution in [0, 0.1) is 5.92 Å². The zero-order valence-electron chi connectivity index (χ0n) is 14.2. The van der Waals surface area contributed by atoms with E-state index >= 15 is 0 Å². The molecular weight excluding hydrogens is 248 g/mol. The van der Waals surface area contributed by atoms with Gasteiger partial charge in [-0.3, -0.25) is 4.79 Å². The number of hydrogen-bond acceptors (Lipinski definition) is 2. The number of carbonyl (C=O) groups excluding carboxylic acids is 1. The van der Waals surface area contributed by atoms with Gasteiger partial charge in [-0.25, -0.2) is 0 Å². The van der Waals surface area contributed by atoms with Gasteiger partial charge in [-0.05, 0) is 25.7 Å². The summed E-state index contributed by atoms with van der Waals surface area (Å²) in [4.78, 5) is 11.7. The van der Waals surface area contributed by atoms with E-state index in [1.54, 1.807) is 0 Å². The Morgan fingerprint density at radius 2 is 1.40 bits per heavy atom. The number of rotatable bonds is 13. The van der Waals surface area contributed by atoms with E-state index in [4.69, 9.17) is 4.74 Å². The molecule has 0 aliphatic carbocycles. The van der Waals surface area contributed by atoms with E-state index in [1.165, 1.54) is 51.4 Å². The maximum absolute atomic E-state index is 11.7. The van der Waals surface area contributed by atoms with Crippen LogP contribution >= 0.6 is 0 Å². The highest BCUT2D eigenvalue weighted by Gasteiger charge is 2.15. The Bertz CT molecular complexity index is 225. The van der Waals surface area contributed by atoms with Crippen molar-refractivity contribution in [3.63, 3.8) is 0 Å². The number of carbonyl (C=O) groups is 1. The number of hydrogen-bond donors (Lipinski definition) is 0. The average Bonchev–Trinajstić information content (AvgIpc) is 2.43. The summed E-state index contributed by atoms with van der Waals surface area (Å²) in [5.74, 6) is 0.474. The monoisotopic (exact) mass is 284 g/mol. The first kappa shape index (κ1) is 19.5. The zero-order chi connectivity index (χ0) is 15.2. The lowest BCUT2D eigenvalue weighted by Gasteiger charge is -2.20. The first-order valence-electron chi connectivity index (χ1n) is 8.81. The number of unbranched alkanes of at least 4 members (excludes halogenated alkanes) is 7. The Labute approximate surface area is 126 Å². The minimum Gasteiger partial charge on any atom is -0.462 e. The molecule has 0 aromatic carbocycles. The van der Waals surface area contributed by atoms with Crippen molar-refractivity contribution >= 4 is 5.97 Å². The average molecular weight is 284 g/mol. The van der Waals surface area contributed by atoms with E-state index < -0.39 is 0 Å². The van der Waals surface area contributed by atoms with Crippen LogP contribution in [0.25, 0.3) is 0 Å². The van der Waals surface area contributed by atoms with Gasteiger partial charge in [0.25, 0.3) is 0 Å². The fourth-order valence-electron chi connectivity index (χ4n) is 2.37. The maximum Gasteiger partial charge on any atom is 0.306 e. The van der Waals surface area contributed by atoms with E-state index in [2.05, 4.69) is 20.8 Å². The van der Waals surface area contributed by atoms with E-state index in [-0.39, 0.29) is 12.1 Å². The molecule has 0 N–H and O–H groups in total. The molecule has 0 aromatic heterocycles. The third-order valence-corrected chi connectivity index (χ3v) is 4.12. The second-order valence-electron chi connectivity index (χ2n) is 6.19. The highest BCUT2D eigenvalue weighted by atomic mass is 16.5. The van der Waals surface area contributed by atoms with Gasteiger partial charge < -0.3 is 4.74 Å². The van der Waals surface area contributed by atoms with Crippen LogP contribution in [0.3, 0.4) is 0 Å². The molecule has 2 nitrogen and oxygen atoms in total. The quantitative estimate of drug-likeness (QED) is 0.311. The maximum atomic E-state index is 11.7. The summed E-state index contributed by atoms with van der Waals surface area (Å²) in [6.07, 6.45) is 13.0. The van der Waals surface area contributed by atoms with E-state index in [0.717, 1.165) is 12.8 Å². The van der Waals surface area contributed by atoms with Crippen molar-refractivity contribution in [2.24, 2.45) is 5.92 Å². The molecule has 0 amide bonds. The lowest BCUT2D eigenvalue weighted by atomic mass is 9.99. The lowest BCUT2D eigenvalue weighted by molar-refractivity contribution is -0.150.